The summed E-state index contributed by atoms with van der Waals surface area (Å²) < 4.78 is 12.8. The molecule has 0 saturated carbocycles. The lowest BCUT2D eigenvalue weighted by atomic mass is 10.1. The number of allylic oxidation sites excluding steroid dienone is 1. The van der Waals surface area contributed by atoms with Crippen LogP contribution >= 0.6 is 0 Å². The summed E-state index contributed by atoms with van der Waals surface area (Å²) in [5.41, 5.74) is 2.26. The van der Waals surface area contributed by atoms with Gasteiger partial charge in [0.2, 0.25) is 0 Å². The summed E-state index contributed by atoms with van der Waals surface area (Å²) >= 11 is 0. The van der Waals surface area contributed by atoms with Crippen LogP contribution in [0, 0.1) is 12.7 Å². The summed E-state index contributed by atoms with van der Waals surface area (Å²) in [6.45, 7) is 7.28. The van der Waals surface area contributed by atoms with Gasteiger partial charge in [0, 0.05) is 11.8 Å². The monoisotopic (exact) mass is 151 g/mol. The molecule has 0 fully saturated rings. The minimum absolute atomic E-state index is 0.273. The van der Waals surface area contributed by atoms with Gasteiger partial charge in [0.1, 0.15) is 5.82 Å². The Labute approximate surface area is 65.6 Å². The van der Waals surface area contributed by atoms with Crippen molar-refractivity contribution in [3.05, 3.63) is 35.9 Å². The fourth-order valence-electron chi connectivity index (χ4n) is 0.930. The van der Waals surface area contributed by atoms with Crippen molar-refractivity contribution < 1.29 is 4.39 Å². The highest BCUT2D eigenvalue weighted by molar-refractivity contribution is 5.63. The number of rotatable bonds is 1. The molecule has 0 N–H and O–H groups in total. The van der Waals surface area contributed by atoms with Crippen LogP contribution in [-0.4, -0.2) is 4.98 Å². The van der Waals surface area contributed by atoms with Crippen LogP contribution in [0.5, 0.6) is 0 Å². The van der Waals surface area contributed by atoms with E-state index in [1.807, 2.05) is 6.92 Å². The maximum atomic E-state index is 12.8. The molecule has 58 valence electrons. The smallest absolute Gasteiger partial charge is 0.144 e. The number of pyridine rings is 1. The average Bonchev–Trinajstić information content (AvgIpc) is 1.94. The molecular formula is C9H10FN. The lowest BCUT2D eigenvalue weighted by molar-refractivity contribution is 0.611. The standard InChI is InChI=1S/C9H10FN/c1-6(2)8-4-11-5-9(10)7(8)3/h4-5H,1H2,2-3H3. The molecule has 0 unspecified atom stereocenters. The van der Waals surface area contributed by atoms with E-state index in [9.17, 15) is 4.39 Å². The Bertz CT molecular complexity index is 292. The zero-order valence-electron chi connectivity index (χ0n) is 6.69. The zero-order chi connectivity index (χ0) is 8.43. The van der Waals surface area contributed by atoms with Crippen molar-refractivity contribution in [2.75, 3.05) is 0 Å². The minimum Gasteiger partial charge on any atom is -0.261 e. The molecule has 0 saturated heterocycles. The maximum absolute atomic E-state index is 12.8. The van der Waals surface area contributed by atoms with E-state index in [1.54, 1.807) is 13.1 Å². The summed E-state index contributed by atoms with van der Waals surface area (Å²) in [7, 11) is 0. The fraction of sp³-hybridized carbons (Fsp3) is 0.222. The molecule has 0 aliphatic carbocycles. The molecule has 0 aliphatic rings. The van der Waals surface area contributed by atoms with E-state index in [-0.39, 0.29) is 5.82 Å². The van der Waals surface area contributed by atoms with Gasteiger partial charge in [-0.2, -0.15) is 0 Å². The number of hydrogen-bond donors (Lipinski definition) is 0. The van der Waals surface area contributed by atoms with Crippen molar-refractivity contribution in [2.45, 2.75) is 13.8 Å². The average molecular weight is 151 g/mol. The molecule has 11 heavy (non-hydrogen) atoms. The van der Waals surface area contributed by atoms with Gasteiger partial charge in [-0.15, -0.1) is 0 Å². The van der Waals surface area contributed by atoms with Crippen LogP contribution in [0.15, 0.2) is 19.0 Å². The van der Waals surface area contributed by atoms with Crippen LogP contribution in [0.25, 0.3) is 5.57 Å². The van der Waals surface area contributed by atoms with Crippen molar-refractivity contribution in [3.63, 3.8) is 0 Å². The van der Waals surface area contributed by atoms with E-state index >= 15 is 0 Å². The first-order chi connectivity index (χ1) is 5.13. The second-order valence-electron chi connectivity index (χ2n) is 2.57. The molecule has 0 amide bonds. The highest BCUT2D eigenvalue weighted by Crippen LogP contribution is 2.16. The van der Waals surface area contributed by atoms with Crippen molar-refractivity contribution in [3.8, 4) is 0 Å². The minimum atomic E-state index is -0.273. The summed E-state index contributed by atoms with van der Waals surface area (Å²) in [5, 5.41) is 0. The third-order valence-electron chi connectivity index (χ3n) is 1.61. The lowest BCUT2D eigenvalue weighted by Crippen LogP contribution is -1.91. The molecule has 2 heteroatoms. The molecule has 0 aliphatic heterocycles. The highest BCUT2D eigenvalue weighted by Gasteiger charge is 2.03. The zero-order valence-corrected chi connectivity index (χ0v) is 6.69. The molecule has 0 atom stereocenters. The Hall–Kier alpha value is -1.18. The number of hydrogen-bond acceptors (Lipinski definition) is 1. The third-order valence-corrected chi connectivity index (χ3v) is 1.61. The topological polar surface area (TPSA) is 12.9 Å². The molecule has 1 aromatic rings. The SMILES string of the molecule is C=C(C)c1cncc(F)c1C. The molecule has 0 bridgehead atoms. The van der Waals surface area contributed by atoms with Gasteiger partial charge < -0.3 is 0 Å². The van der Waals surface area contributed by atoms with E-state index < -0.39 is 0 Å². The maximum Gasteiger partial charge on any atom is 0.144 e. The van der Waals surface area contributed by atoms with Gasteiger partial charge in [-0.25, -0.2) is 4.39 Å². The summed E-state index contributed by atoms with van der Waals surface area (Å²) in [6.07, 6.45) is 2.84. The number of aromatic nitrogens is 1. The van der Waals surface area contributed by atoms with Gasteiger partial charge in [-0.1, -0.05) is 6.58 Å². The Morgan fingerprint density at radius 3 is 2.64 bits per heavy atom. The van der Waals surface area contributed by atoms with Crippen LogP contribution in [-0.2, 0) is 0 Å². The molecule has 1 nitrogen and oxygen atoms in total. The summed E-state index contributed by atoms with van der Waals surface area (Å²) in [5.74, 6) is -0.273. The van der Waals surface area contributed by atoms with E-state index in [0.717, 1.165) is 11.1 Å². The first-order valence-electron chi connectivity index (χ1n) is 3.39. The van der Waals surface area contributed by atoms with Crippen LogP contribution in [0.2, 0.25) is 0 Å². The molecule has 0 radical (unpaired) electrons. The Morgan fingerprint density at radius 2 is 2.18 bits per heavy atom. The van der Waals surface area contributed by atoms with E-state index in [0.29, 0.717) is 5.56 Å². The Morgan fingerprint density at radius 1 is 1.55 bits per heavy atom. The summed E-state index contributed by atoms with van der Waals surface area (Å²) in [4.78, 5) is 3.73. The second kappa shape index (κ2) is 2.82. The van der Waals surface area contributed by atoms with Crippen molar-refractivity contribution in [1.29, 1.82) is 0 Å². The van der Waals surface area contributed by atoms with Gasteiger partial charge in [0.25, 0.3) is 0 Å². The predicted molar refractivity (Wildman–Crippen MR) is 43.6 cm³/mol. The van der Waals surface area contributed by atoms with Crippen LogP contribution in [0.3, 0.4) is 0 Å². The molecular weight excluding hydrogens is 141 g/mol. The van der Waals surface area contributed by atoms with Crippen molar-refractivity contribution in [2.24, 2.45) is 0 Å². The summed E-state index contributed by atoms with van der Waals surface area (Å²) in [6, 6.07) is 0. The normalized spacial score (nSPS) is 9.73. The highest BCUT2D eigenvalue weighted by atomic mass is 19.1. The van der Waals surface area contributed by atoms with Crippen LogP contribution in [0.4, 0.5) is 4.39 Å². The van der Waals surface area contributed by atoms with Gasteiger partial charge in [-0.05, 0) is 25.0 Å². The predicted octanol–water partition coefficient (Wildman–Crippen LogP) is 2.56. The second-order valence-corrected chi connectivity index (χ2v) is 2.57. The Kier molecular flexibility index (Phi) is 2.03. The van der Waals surface area contributed by atoms with Gasteiger partial charge >= 0.3 is 0 Å². The lowest BCUT2D eigenvalue weighted by Gasteiger charge is -2.03. The van der Waals surface area contributed by atoms with E-state index in [2.05, 4.69) is 11.6 Å². The Balaban J connectivity index is 3.27. The van der Waals surface area contributed by atoms with Crippen LogP contribution in [0.1, 0.15) is 18.1 Å². The largest absolute Gasteiger partial charge is 0.261 e. The van der Waals surface area contributed by atoms with Crippen LogP contribution < -0.4 is 0 Å². The van der Waals surface area contributed by atoms with E-state index in [1.165, 1.54) is 6.20 Å². The number of nitrogens with zero attached hydrogens (tertiary/aromatic N) is 1. The third kappa shape index (κ3) is 1.45. The first-order valence-corrected chi connectivity index (χ1v) is 3.39. The molecule has 0 spiro atoms. The quantitative estimate of drug-likeness (QED) is 0.601. The van der Waals surface area contributed by atoms with Crippen molar-refractivity contribution >= 4 is 5.57 Å². The molecule has 1 heterocycles. The fourth-order valence-corrected chi connectivity index (χ4v) is 0.930. The van der Waals surface area contributed by atoms with Gasteiger partial charge in [0.15, 0.2) is 0 Å². The number of halogens is 1. The molecule has 1 rings (SSSR count). The van der Waals surface area contributed by atoms with E-state index in [4.69, 9.17) is 0 Å². The van der Waals surface area contributed by atoms with Gasteiger partial charge in [-0.3, -0.25) is 4.98 Å². The first kappa shape index (κ1) is 7.92. The van der Waals surface area contributed by atoms with Gasteiger partial charge in [0.05, 0.1) is 6.20 Å². The molecule has 1 aromatic heterocycles. The van der Waals surface area contributed by atoms with Crippen molar-refractivity contribution in [1.82, 2.24) is 4.98 Å². The molecule has 0 aromatic carbocycles.